The molecule has 2 N–H and O–H groups in total. The van der Waals surface area contributed by atoms with Gasteiger partial charge < -0.3 is 10.6 Å². The second-order valence-electron chi connectivity index (χ2n) is 6.17. The molecule has 1 amide bonds. The number of amides is 1. The summed E-state index contributed by atoms with van der Waals surface area (Å²) < 4.78 is 0. The smallest absolute Gasteiger partial charge is 0.251 e. The highest BCUT2D eigenvalue weighted by Crippen LogP contribution is 2.20. The average Bonchev–Trinajstić information content (AvgIpc) is 2.58. The van der Waals surface area contributed by atoms with Gasteiger partial charge in [0.15, 0.2) is 0 Å². The molecule has 3 nitrogen and oxygen atoms in total. The van der Waals surface area contributed by atoms with Crippen LogP contribution in [0.1, 0.15) is 42.2 Å². The molecule has 122 valence electrons. The maximum atomic E-state index is 12.0. The Labute approximate surface area is 139 Å². The first-order chi connectivity index (χ1) is 11.2. The Morgan fingerprint density at radius 2 is 1.52 bits per heavy atom. The largest absolute Gasteiger partial charge is 0.351 e. The highest BCUT2D eigenvalue weighted by molar-refractivity contribution is 5.94. The standard InChI is InChI=1S/C20H26N2O/c1-16(2)15-19(17-9-5-3-6-10-17)21-13-14-22-20(23)18-11-7-4-8-12-18/h3-12,16,19,21H,13-15H2,1-2H3,(H,22,23)/t19-/m0/s1. The van der Waals surface area contributed by atoms with E-state index in [1.165, 1.54) is 5.56 Å². The molecule has 2 rings (SSSR count). The molecule has 0 aromatic heterocycles. The minimum Gasteiger partial charge on any atom is -0.351 e. The Hall–Kier alpha value is -2.13. The zero-order chi connectivity index (χ0) is 16.5. The quantitative estimate of drug-likeness (QED) is 0.728. The lowest BCUT2D eigenvalue weighted by Crippen LogP contribution is -2.34. The van der Waals surface area contributed by atoms with Gasteiger partial charge in [0.2, 0.25) is 0 Å². The molecule has 0 bridgehead atoms. The monoisotopic (exact) mass is 310 g/mol. The van der Waals surface area contributed by atoms with E-state index in [1.807, 2.05) is 36.4 Å². The lowest BCUT2D eigenvalue weighted by Gasteiger charge is -2.21. The number of carbonyl (C=O) groups excluding carboxylic acids is 1. The van der Waals surface area contributed by atoms with Gasteiger partial charge in [0.25, 0.3) is 5.91 Å². The van der Waals surface area contributed by atoms with Gasteiger partial charge in [-0.2, -0.15) is 0 Å². The molecule has 0 saturated heterocycles. The Kier molecular flexibility index (Phi) is 6.82. The van der Waals surface area contributed by atoms with Gasteiger partial charge >= 0.3 is 0 Å². The molecule has 0 aliphatic rings. The van der Waals surface area contributed by atoms with Crippen molar-refractivity contribution in [3.05, 3.63) is 71.8 Å². The van der Waals surface area contributed by atoms with Crippen LogP contribution in [0.5, 0.6) is 0 Å². The number of benzene rings is 2. The summed E-state index contributed by atoms with van der Waals surface area (Å²) >= 11 is 0. The van der Waals surface area contributed by atoms with Gasteiger partial charge in [-0.15, -0.1) is 0 Å². The Morgan fingerprint density at radius 3 is 2.13 bits per heavy atom. The molecule has 0 spiro atoms. The topological polar surface area (TPSA) is 41.1 Å². The number of hydrogen-bond donors (Lipinski definition) is 2. The molecule has 2 aromatic rings. The highest BCUT2D eigenvalue weighted by Gasteiger charge is 2.12. The summed E-state index contributed by atoms with van der Waals surface area (Å²) in [6, 6.07) is 20.1. The maximum Gasteiger partial charge on any atom is 0.251 e. The molecule has 3 heteroatoms. The molecular formula is C20H26N2O. The van der Waals surface area contributed by atoms with Gasteiger partial charge in [-0.1, -0.05) is 62.4 Å². The Morgan fingerprint density at radius 1 is 0.913 bits per heavy atom. The molecule has 0 saturated carbocycles. The number of nitrogens with one attached hydrogen (secondary N) is 2. The number of rotatable bonds is 8. The van der Waals surface area contributed by atoms with E-state index >= 15 is 0 Å². The van der Waals surface area contributed by atoms with Crippen LogP contribution in [-0.4, -0.2) is 19.0 Å². The van der Waals surface area contributed by atoms with Crippen LogP contribution in [0.2, 0.25) is 0 Å². The van der Waals surface area contributed by atoms with Crippen LogP contribution in [0.3, 0.4) is 0 Å². The van der Waals surface area contributed by atoms with Crippen molar-refractivity contribution in [2.75, 3.05) is 13.1 Å². The van der Waals surface area contributed by atoms with Crippen LogP contribution >= 0.6 is 0 Å². The van der Waals surface area contributed by atoms with Gasteiger partial charge in [0.05, 0.1) is 0 Å². The summed E-state index contributed by atoms with van der Waals surface area (Å²) in [5.74, 6) is 0.596. The second kappa shape index (κ2) is 9.11. The van der Waals surface area contributed by atoms with E-state index in [-0.39, 0.29) is 5.91 Å². The van der Waals surface area contributed by atoms with Crippen LogP contribution in [0.15, 0.2) is 60.7 Å². The van der Waals surface area contributed by atoms with E-state index in [2.05, 4.69) is 48.7 Å². The minimum absolute atomic E-state index is 0.0208. The first-order valence-electron chi connectivity index (χ1n) is 8.28. The molecule has 0 fully saturated rings. The molecule has 0 heterocycles. The lowest BCUT2D eigenvalue weighted by molar-refractivity contribution is 0.0953. The predicted molar refractivity (Wildman–Crippen MR) is 95.4 cm³/mol. The van der Waals surface area contributed by atoms with Crippen molar-refractivity contribution < 1.29 is 4.79 Å². The first kappa shape index (κ1) is 17.2. The third-order valence-electron chi connectivity index (χ3n) is 3.75. The SMILES string of the molecule is CC(C)C[C@H](NCCNC(=O)c1ccccc1)c1ccccc1. The summed E-state index contributed by atoms with van der Waals surface area (Å²) in [6.45, 7) is 5.84. The zero-order valence-corrected chi connectivity index (χ0v) is 14.0. The lowest BCUT2D eigenvalue weighted by atomic mass is 9.97. The summed E-state index contributed by atoms with van der Waals surface area (Å²) in [4.78, 5) is 12.0. The summed E-state index contributed by atoms with van der Waals surface area (Å²) in [7, 11) is 0. The number of hydrogen-bond acceptors (Lipinski definition) is 2. The van der Waals surface area contributed by atoms with Gasteiger partial charge in [-0.05, 0) is 30.0 Å². The maximum absolute atomic E-state index is 12.0. The third kappa shape index (κ3) is 5.87. The van der Waals surface area contributed by atoms with E-state index in [0.717, 1.165) is 13.0 Å². The molecule has 2 aromatic carbocycles. The molecule has 0 radical (unpaired) electrons. The Balaban J connectivity index is 1.81. The van der Waals surface area contributed by atoms with Crippen LogP contribution < -0.4 is 10.6 Å². The van der Waals surface area contributed by atoms with Crippen molar-refractivity contribution in [3.63, 3.8) is 0 Å². The normalized spacial score (nSPS) is 12.1. The third-order valence-corrected chi connectivity index (χ3v) is 3.75. The van der Waals surface area contributed by atoms with Crippen molar-refractivity contribution in [1.82, 2.24) is 10.6 Å². The van der Waals surface area contributed by atoms with Gasteiger partial charge in [0, 0.05) is 24.7 Å². The van der Waals surface area contributed by atoms with E-state index < -0.39 is 0 Å². The molecular weight excluding hydrogens is 284 g/mol. The molecule has 0 aliphatic heterocycles. The fraction of sp³-hybridized carbons (Fsp3) is 0.350. The summed E-state index contributed by atoms with van der Waals surface area (Å²) in [5.41, 5.74) is 2.00. The summed E-state index contributed by atoms with van der Waals surface area (Å²) in [6.07, 6.45) is 1.08. The van der Waals surface area contributed by atoms with Crippen molar-refractivity contribution in [2.24, 2.45) is 5.92 Å². The molecule has 1 atom stereocenters. The average molecular weight is 310 g/mol. The molecule has 0 aliphatic carbocycles. The van der Waals surface area contributed by atoms with E-state index in [1.54, 1.807) is 0 Å². The molecule has 23 heavy (non-hydrogen) atoms. The molecule has 0 unspecified atom stereocenters. The van der Waals surface area contributed by atoms with E-state index in [4.69, 9.17) is 0 Å². The van der Waals surface area contributed by atoms with Gasteiger partial charge in [-0.3, -0.25) is 4.79 Å². The van der Waals surface area contributed by atoms with Gasteiger partial charge in [-0.25, -0.2) is 0 Å². The van der Waals surface area contributed by atoms with Crippen molar-refractivity contribution in [1.29, 1.82) is 0 Å². The van der Waals surface area contributed by atoms with Crippen LogP contribution in [0.25, 0.3) is 0 Å². The van der Waals surface area contributed by atoms with Crippen LogP contribution in [-0.2, 0) is 0 Å². The predicted octanol–water partition coefficient (Wildman–Crippen LogP) is 3.79. The zero-order valence-electron chi connectivity index (χ0n) is 14.0. The van der Waals surface area contributed by atoms with Crippen LogP contribution in [0, 0.1) is 5.92 Å². The minimum atomic E-state index is -0.0208. The van der Waals surface area contributed by atoms with Crippen LogP contribution in [0.4, 0.5) is 0 Å². The van der Waals surface area contributed by atoms with Gasteiger partial charge in [0.1, 0.15) is 0 Å². The highest BCUT2D eigenvalue weighted by atomic mass is 16.1. The summed E-state index contributed by atoms with van der Waals surface area (Å²) in [5, 5.41) is 6.52. The fourth-order valence-corrected chi connectivity index (χ4v) is 2.61. The fourth-order valence-electron chi connectivity index (χ4n) is 2.61. The van der Waals surface area contributed by atoms with E-state index in [0.29, 0.717) is 24.1 Å². The van der Waals surface area contributed by atoms with Crippen molar-refractivity contribution >= 4 is 5.91 Å². The van der Waals surface area contributed by atoms with Crippen molar-refractivity contribution in [2.45, 2.75) is 26.3 Å². The van der Waals surface area contributed by atoms with Crippen molar-refractivity contribution in [3.8, 4) is 0 Å². The van der Waals surface area contributed by atoms with E-state index in [9.17, 15) is 4.79 Å². The Bertz CT molecular complexity index is 581. The first-order valence-corrected chi connectivity index (χ1v) is 8.28. The number of carbonyl (C=O) groups is 1. The second-order valence-corrected chi connectivity index (χ2v) is 6.17.